The molecule has 4 heterocycles. The zero-order valence-corrected chi connectivity index (χ0v) is 31.7. The van der Waals surface area contributed by atoms with Gasteiger partial charge in [-0.25, -0.2) is 10.9 Å². The first-order valence-corrected chi connectivity index (χ1v) is 18.8. The van der Waals surface area contributed by atoms with Gasteiger partial charge in [-0.1, -0.05) is 137 Å². The molecule has 0 spiro atoms. The summed E-state index contributed by atoms with van der Waals surface area (Å²) in [5.74, 6) is 0. The number of hydrogen-bond acceptors (Lipinski definition) is 5. The van der Waals surface area contributed by atoms with Gasteiger partial charge in [-0.2, -0.15) is 0 Å². The minimum atomic E-state index is 0.158. The maximum absolute atomic E-state index is 4.03. The van der Waals surface area contributed by atoms with E-state index < -0.39 is 0 Å². The van der Waals surface area contributed by atoms with Gasteiger partial charge in [0, 0.05) is 29.5 Å². The monoisotopic (exact) mass is 685 g/mol. The van der Waals surface area contributed by atoms with Crippen LogP contribution in [0.25, 0.3) is 32.8 Å². The lowest BCUT2D eigenvalue weighted by atomic mass is 9.91. The maximum Gasteiger partial charge on any atom is 0.0978 e. The van der Waals surface area contributed by atoms with Crippen molar-refractivity contribution in [3.8, 4) is 10.6 Å². The highest BCUT2D eigenvalue weighted by Crippen LogP contribution is 2.46. The van der Waals surface area contributed by atoms with E-state index in [0.29, 0.717) is 0 Å². The molecule has 50 heavy (non-hydrogen) atoms. The lowest BCUT2D eigenvalue weighted by molar-refractivity contribution is 0.555. The highest BCUT2D eigenvalue weighted by Gasteiger charge is 2.28. The van der Waals surface area contributed by atoms with Gasteiger partial charge in [0.05, 0.1) is 22.9 Å². The van der Waals surface area contributed by atoms with E-state index in [0.717, 1.165) is 19.4 Å². The van der Waals surface area contributed by atoms with Crippen molar-refractivity contribution in [3.05, 3.63) is 155 Å². The summed E-state index contributed by atoms with van der Waals surface area (Å²) in [4.78, 5) is 1.45. The Morgan fingerprint density at radius 2 is 1.46 bits per heavy atom. The molecular formula is C44H55N5S. The first-order chi connectivity index (χ1) is 24.6. The molecule has 0 amide bonds. The van der Waals surface area contributed by atoms with Gasteiger partial charge in [0.25, 0.3) is 0 Å². The number of hydrogen-bond donors (Lipinski definition) is 4. The molecule has 2 atom stereocenters. The van der Waals surface area contributed by atoms with E-state index >= 15 is 0 Å². The number of nitrogens with one attached hydrogen (secondary N) is 4. The smallest absolute Gasteiger partial charge is 0.0978 e. The number of benzene rings is 3. The molecule has 2 unspecified atom stereocenters. The molecule has 0 bridgehead atoms. The van der Waals surface area contributed by atoms with Crippen LogP contribution in [0.15, 0.2) is 122 Å². The van der Waals surface area contributed by atoms with Gasteiger partial charge in [-0.3, -0.25) is 5.32 Å². The highest BCUT2D eigenvalue weighted by atomic mass is 32.1. The van der Waals surface area contributed by atoms with Crippen molar-refractivity contribution >= 4 is 33.6 Å². The van der Waals surface area contributed by atoms with E-state index in [2.05, 4.69) is 138 Å². The van der Waals surface area contributed by atoms with Crippen LogP contribution in [-0.4, -0.2) is 17.3 Å². The largest absolute Gasteiger partial charge is 0.387 e. The van der Waals surface area contributed by atoms with Crippen LogP contribution in [0.3, 0.4) is 0 Å². The lowest BCUT2D eigenvalue weighted by Crippen LogP contribution is -2.36. The molecule has 1 saturated heterocycles. The molecule has 4 N–H and O–H groups in total. The zero-order valence-electron chi connectivity index (χ0n) is 30.9. The van der Waals surface area contributed by atoms with Crippen molar-refractivity contribution in [3.63, 3.8) is 0 Å². The molecule has 262 valence electrons. The van der Waals surface area contributed by atoms with Crippen molar-refractivity contribution in [2.45, 2.75) is 66.7 Å². The van der Waals surface area contributed by atoms with E-state index in [9.17, 15) is 0 Å². The third-order valence-electron chi connectivity index (χ3n) is 8.61. The first-order valence-electron chi connectivity index (χ1n) is 18.0. The molecule has 2 aliphatic heterocycles. The van der Waals surface area contributed by atoms with Crippen LogP contribution in [0.5, 0.6) is 0 Å². The van der Waals surface area contributed by atoms with E-state index in [1.54, 1.807) is 0 Å². The average molecular weight is 686 g/mol. The Hall–Kier alpha value is -4.46. The average Bonchev–Trinajstić information content (AvgIpc) is 3.90. The number of rotatable bonds is 4. The Bertz CT molecular complexity index is 1880. The highest BCUT2D eigenvalue weighted by molar-refractivity contribution is 7.22. The summed E-state index contributed by atoms with van der Waals surface area (Å²) in [7, 11) is 2.17. The van der Waals surface area contributed by atoms with Crippen molar-refractivity contribution in [1.82, 2.24) is 26.1 Å². The molecule has 8 rings (SSSR count). The maximum atomic E-state index is 4.03. The van der Waals surface area contributed by atoms with Crippen molar-refractivity contribution in [2.75, 3.05) is 6.54 Å². The Morgan fingerprint density at radius 1 is 0.820 bits per heavy atom. The van der Waals surface area contributed by atoms with Gasteiger partial charge in [-0.05, 0) is 78.8 Å². The van der Waals surface area contributed by atoms with Crippen molar-refractivity contribution in [1.29, 1.82) is 0 Å². The Labute approximate surface area is 304 Å². The van der Waals surface area contributed by atoms with E-state index in [4.69, 9.17) is 0 Å². The molecule has 2 aromatic heterocycles. The quantitative estimate of drug-likeness (QED) is 0.152. The fraction of sp³-hybridized carbons (Fsp3) is 0.273. The third-order valence-corrected chi connectivity index (χ3v) is 9.83. The minimum absolute atomic E-state index is 0.158. The molecule has 3 aromatic carbocycles. The molecule has 0 radical (unpaired) electrons. The second kappa shape index (κ2) is 19.7. The van der Waals surface area contributed by atoms with Gasteiger partial charge in [0.1, 0.15) is 0 Å². The zero-order chi connectivity index (χ0) is 35.9. The van der Waals surface area contributed by atoms with Crippen LogP contribution in [-0.2, 0) is 19.9 Å². The number of allylic oxidation sites excluding steroid dienone is 1. The van der Waals surface area contributed by atoms with E-state index in [-0.39, 0.29) is 12.3 Å². The third kappa shape index (κ3) is 9.01. The van der Waals surface area contributed by atoms with Gasteiger partial charge in [0.15, 0.2) is 0 Å². The molecule has 5 aromatic rings. The van der Waals surface area contributed by atoms with Crippen LogP contribution in [0.4, 0.5) is 0 Å². The summed E-state index contributed by atoms with van der Waals surface area (Å²) in [6.45, 7) is 17.1. The number of nitrogens with zero attached hydrogens (tertiary/aromatic N) is 1. The summed E-state index contributed by atoms with van der Waals surface area (Å²) in [6, 6.07) is 29.4. The number of aromatic nitrogens is 1. The predicted molar refractivity (Wildman–Crippen MR) is 220 cm³/mol. The summed E-state index contributed by atoms with van der Waals surface area (Å²) >= 11 is 1.93. The predicted octanol–water partition coefficient (Wildman–Crippen LogP) is 10.5. The summed E-state index contributed by atoms with van der Waals surface area (Å²) < 4.78 is 3.72. The molecule has 3 aliphatic rings. The Kier molecular flexibility index (Phi) is 15.1. The summed E-state index contributed by atoms with van der Waals surface area (Å²) in [5.41, 5.74) is 17.3. The second-order valence-electron chi connectivity index (χ2n) is 11.6. The second-order valence-corrected chi connectivity index (χ2v) is 12.7. The van der Waals surface area contributed by atoms with Crippen LogP contribution >= 0.6 is 11.3 Å². The molecular weight excluding hydrogens is 631 g/mol. The van der Waals surface area contributed by atoms with Crippen molar-refractivity contribution in [2.24, 2.45) is 7.05 Å². The number of thiophene rings is 1. The Morgan fingerprint density at radius 3 is 2.08 bits per heavy atom. The normalized spacial score (nSPS) is 16.8. The molecule has 0 saturated carbocycles. The first kappa shape index (κ1) is 38.3. The van der Waals surface area contributed by atoms with Crippen LogP contribution in [0.1, 0.15) is 74.3 Å². The number of dihydropyridines is 1. The van der Waals surface area contributed by atoms with E-state index in [1.165, 1.54) is 59.7 Å². The van der Waals surface area contributed by atoms with Gasteiger partial charge >= 0.3 is 0 Å². The fourth-order valence-corrected chi connectivity index (χ4v) is 7.71. The van der Waals surface area contributed by atoms with Gasteiger partial charge in [0.2, 0.25) is 0 Å². The number of aryl methyl sites for hydroxylation is 2. The van der Waals surface area contributed by atoms with Crippen molar-refractivity contribution < 1.29 is 0 Å². The molecule has 1 fully saturated rings. The fourth-order valence-electron chi connectivity index (χ4n) is 6.35. The molecule has 5 nitrogen and oxygen atoms in total. The topological polar surface area (TPSA) is 53.0 Å². The summed E-state index contributed by atoms with van der Waals surface area (Å²) in [6.07, 6.45) is 15.2. The minimum Gasteiger partial charge on any atom is -0.387 e. The van der Waals surface area contributed by atoms with Crippen LogP contribution < -0.4 is 21.5 Å². The lowest BCUT2D eigenvalue weighted by Gasteiger charge is -2.16. The number of fused-ring (bicyclic) bond motifs is 5. The summed E-state index contributed by atoms with van der Waals surface area (Å²) in [5, 5.41) is 8.09. The van der Waals surface area contributed by atoms with E-state index in [1.807, 2.05) is 75.6 Å². The standard InChI is InChI=1S/C20H19NS.C13H16N4.C7H8.2C2H6/c1-4-8-13-15-11-12-16-14-9-6-7-10-18(14)22-20(16)19(15)21(3)17(13)5-2;1-2-4-10(5-3-1)12-15-13(17-16-12)11-6-8-14-9-7-11;1-7-5-3-2-4-6-7;2*1-2/h4-10H,2,11-12H2,1,3H3;1-8,12-17H,9H2;2-6H,1H3;2*1-2H3/b8-4-;;;;. The van der Waals surface area contributed by atoms with Gasteiger partial charge < -0.3 is 9.88 Å². The Balaban J connectivity index is 0.000000177. The van der Waals surface area contributed by atoms with Gasteiger partial charge in [-0.15, -0.1) is 11.3 Å². The molecule has 6 heteroatoms. The van der Waals surface area contributed by atoms with Crippen LogP contribution in [0, 0.1) is 6.92 Å². The SMILES string of the molecule is C1=CC(C2NNC(c3ccccc3)N2)=CCN1.C=Cc1c(/C=C\C)c2c(n1C)-c1sc3ccccc3c1CC2.CC.CC.Cc1ccccc1. The number of hydrazine groups is 1. The van der Waals surface area contributed by atoms with Crippen LogP contribution in [0.2, 0.25) is 0 Å². The molecule has 1 aliphatic carbocycles.